The largest absolute Gasteiger partial charge is 0.497 e. The van der Waals surface area contributed by atoms with E-state index in [0.29, 0.717) is 42.0 Å². The molecule has 6 aromatic rings. The molecule has 1 spiro atoms. The maximum Gasteiger partial charge on any atom is 0.279 e. The van der Waals surface area contributed by atoms with E-state index < -0.39 is 13.7 Å². The number of amides is 1. The molecule has 0 aliphatic carbocycles. The Morgan fingerprint density at radius 3 is 2.51 bits per heavy atom. The van der Waals surface area contributed by atoms with Crippen LogP contribution in [0.5, 0.6) is 5.75 Å². The molecule has 0 radical (unpaired) electrons. The Kier molecular flexibility index (Phi) is 9.70. The molecule has 11 nitrogen and oxygen atoms in total. The van der Waals surface area contributed by atoms with Crippen molar-refractivity contribution in [3.63, 3.8) is 0 Å². The molecule has 2 aliphatic heterocycles. The number of fused-ring (bicyclic) bond motifs is 3. The van der Waals surface area contributed by atoms with Gasteiger partial charge in [0.05, 0.1) is 56.5 Å². The molecular weight excluding hydrogens is 732 g/mol. The lowest BCUT2D eigenvalue weighted by Gasteiger charge is -2.37. The van der Waals surface area contributed by atoms with E-state index in [9.17, 15) is 9.90 Å². The van der Waals surface area contributed by atoms with Gasteiger partial charge in [-0.05, 0) is 66.1 Å². The SMILES string of the molecule is COc1ccc([Si](C)(C)[C@H]2[C@H](CCn3cc(CCO)nn3)O[C@@]3(C(=O)N(Cc4ccc(-n5ncc6ccccc6c5=O)cc4)c4ccc(Cl)cc43)[C@@H]2C)cc1. The minimum Gasteiger partial charge on any atom is -0.497 e. The molecule has 2 aliphatic rings. The fraction of sp³-hybridized carbons (Fsp3) is 0.310. The van der Waals surface area contributed by atoms with Gasteiger partial charge in [-0.3, -0.25) is 14.3 Å². The highest BCUT2D eigenvalue weighted by molar-refractivity contribution is 6.91. The summed E-state index contributed by atoms with van der Waals surface area (Å²) in [5, 5.41) is 25.5. The number of anilines is 1. The van der Waals surface area contributed by atoms with Crippen molar-refractivity contribution in [1.29, 1.82) is 0 Å². The van der Waals surface area contributed by atoms with E-state index in [1.54, 1.807) is 24.1 Å². The Hall–Kier alpha value is -5.14. The second kappa shape index (κ2) is 14.5. The third kappa shape index (κ3) is 6.36. The second-order valence-electron chi connectivity index (χ2n) is 15.1. The predicted octanol–water partition coefficient (Wildman–Crippen LogP) is 6.03. The van der Waals surface area contributed by atoms with Gasteiger partial charge >= 0.3 is 0 Å². The van der Waals surface area contributed by atoms with Gasteiger partial charge in [0.15, 0.2) is 5.60 Å². The van der Waals surface area contributed by atoms with Gasteiger partial charge in [-0.25, -0.2) is 0 Å². The summed E-state index contributed by atoms with van der Waals surface area (Å²) in [5.74, 6) is 0.470. The maximum atomic E-state index is 15.2. The number of nitrogens with zero attached hydrogens (tertiary/aromatic N) is 6. The summed E-state index contributed by atoms with van der Waals surface area (Å²) in [7, 11) is -0.700. The summed E-state index contributed by atoms with van der Waals surface area (Å²) in [5.41, 5.74) is 2.37. The van der Waals surface area contributed by atoms with Crippen LogP contribution in [0.1, 0.15) is 30.2 Å². The first-order chi connectivity index (χ1) is 26.5. The fourth-order valence-corrected chi connectivity index (χ4v) is 13.1. The Morgan fingerprint density at radius 1 is 1.00 bits per heavy atom. The van der Waals surface area contributed by atoms with Gasteiger partial charge in [0.1, 0.15) is 5.75 Å². The third-order valence-electron chi connectivity index (χ3n) is 11.6. The van der Waals surface area contributed by atoms with Gasteiger partial charge in [0.25, 0.3) is 11.5 Å². The predicted molar refractivity (Wildman–Crippen MR) is 215 cm³/mol. The van der Waals surface area contributed by atoms with Crippen LogP contribution in [0.2, 0.25) is 23.7 Å². The zero-order valence-electron chi connectivity index (χ0n) is 31.2. The number of benzene rings is 4. The van der Waals surface area contributed by atoms with Crippen molar-refractivity contribution in [2.24, 2.45) is 5.92 Å². The Morgan fingerprint density at radius 2 is 1.76 bits per heavy atom. The van der Waals surface area contributed by atoms with E-state index in [1.807, 2.05) is 83.9 Å². The Bertz CT molecular complexity index is 2430. The number of rotatable bonds is 11. The highest BCUT2D eigenvalue weighted by Crippen LogP contribution is 2.60. The van der Waals surface area contributed by atoms with Gasteiger partial charge in [-0.15, -0.1) is 5.10 Å². The van der Waals surface area contributed by atoms with Gasteiger partial charge in [-0.1, -0.05) is 84.5 Å². The molecule has 0 bridgehead atoms. The lowest BCUT2D eigenvalue weighted by atomic mass is 9.82. The number of hydrogen-bond donors (Lipinski definition) is 1. The zero-order valence-corrected chi connectivity index (χ0v) is 33.0. The van der Waals surface area contributed by atoms with Gasteiger partial charge in [0.2, 0.25) is 0 Å². The van der Waals surface area contributed by atoms with Crippen LogP contribution in [0.3, 0.4) is 0 Å². The summed E-state index contributed by atoms with van der Waals surface area (Å²) in [6.07, 6.45) is 4.31. The molecule has 0 saturated carbocycles. The van der Waals surface area contributed by atoms with E-state index in [2.05, 4.69) is 47.6 Å². The van der Waals surface area contributed by atoms with Gasteiger partial charge in [-0.2, -0.15) is 9.78 Å². The Balaban J connectivity index is 1.14. The molecule has 13 heteroatoms. The lowest BCUT2D eigenvalue weighted by Crippen LogP contribution is -2.51. The molecule has 1 N–H and O–H groups in total. The summed E-state index contributed by atoms with van der Waals surface area (Å²) in [6, 6.07) is 28.9. The number of aliphatic hydroxyl groups excluding tert-OH is 1. The first-order valence-electron chi connectivity index (χ1n) is 18.6. The number of aliphatic hydroxyl groups is 1. The molecule has 1 amide bonds. The fourth-order valence-electron chi connectivity index (χ4n) is 8.85. The van der Waals surface area contributed by atoms with E-state index in [-0.39, 0.29) is 35.6 Å². The summed E-state index contributed by atoms with van der Waals surface area (Å²) >= 11 is 6.71. The molecule has 8 rings (SSSR count). The number of methoxy groups -OCH3 is 1. The second-order valence-corrected chi connectivity index (χ2v) is 20.2. The average molecular weight is 775 g/mol. The standard InChI is InChI=1S/C42H43ClN6O5Si/c1-27-39(55(3,4)34-16-14-33(53-2)15-17-34)38(19-21-47-26-31(20-22-50)45-46-47)54-42(27)36-23-30(43)11-18-37(36)48(41(42)52)25-28-9-12-32(13-10-28)49-40(51)35-8-6-5-7-29(35)24-44-49/h5-18,23-24,26-27,38-39,50H,19-22,25H2,1-4H3/t27-,38+,39-,42+/m1/s1. The molecule has 55 heavy (non-hydrogen) atoms. The normalized spacial score (nSPS) is 20.8. The summed E-state index contributed by atoms with van der Waals surface area (Å²) in [4.78, 5) is 30.3. The van der Waals surface area contributed by atoms with Crippen LogP contribution in [-0.2, 0) is 34.6 Å². The number of carbonyl (C=O) groups is 1. The molecular formula is C42H43ClN6O5Si. The van der Waals surface area contributed by atoms with Gasteiger partial charge < -0.3 is 19.5 Å². The molecule has 282 valence electrons. The summed E-state index contributed by atoms with van der Waals surface area (Å²) < 4.78 is 15.9. The van der Waals surface area contributed by atoms with Crippen LogP contribution in [0, 0.1) is 5.92 Å². The van der Waals surface area contributed by atoms with E-state index in [0.717, 1.165) is 33.6 Å². The van der Waals surface area contributed by atoms with E-state index in [4.69, 9.17) is 21.1 Å². The first-order valence-corrected chi connectivity index (χ1v) is 22.0. The number of aryl methyl sites for hydroxylation is 1. The molecule has 1 fully saturated rings. The quantitative estimate of drug-likeness (QED) is 0.159. The van der Waals surface area contributed by atoms with Crippen LogP contribution >= 0.6 is 11.6 Å². The number of hydrogen-bond acceptors (Lipinski definition) is 8. The van der Waals surface area contributed by atoms with Crippen molar-refractivity contribution in [3.8, 4) is 11.4 Å². The smallest absolute Gasteiger partial charge is 0.279 e. The minimum absolute atomic E-state index is 0.000600. The van der Waals surface area contributed by atoms with Crippen LogP contribution in [0.25, 0.3) is 16.5 Å². The average Bonchev–Trinajstić information content (AvgIpc) is 3.84. The molecule has 2 aromatic heterocycles. The van der Waals surface area contributed by atoms with Crippen molar-refractivity contribution in [3.05, 3.63) is 136 Å². The van der Waals surface area contributed by atoms with Crippen molar-refractivity contribution in [2.75, 3.05) is 18.6 Å². The van der Waals surface area contributed by atoms with Crippen LogP contribution in [0.15, 0.2) is 108 Å². The van der Waals surface area contributed by atoms with E-state index >= 15 is 4.79 Å². The molecule has 1 saturated heterocycles. The number of aromatic nitrogens is 5. The molecule has 4 heterocycles. The van der Waals surface area contributed by atoms with Gasteiger partial charge in [0, 0.05) is 47.7 Å². The highest BCUT2D eigenvalue weighted by Gasteiger charge is 2.66. The van der Waals surface area contributed by atoms with Crippen molar-refractivity contribution in [2.45, 2.75) is 63.2 Å². The van der Waals surface area contributed by atoms with Crippen LogP contribution < -0.4 is 20.4 Å². The van der Waals surface area contributed by atoms with Crippen molar-refractivity contribution in [1.82, 2.24) is 24.8 Å². The highest BCUT2D eigenvalue weighted by atomic mass is 35.5. The van der Waals surface area contributed by atoms with Crippen LogP contribution in [0.4, 0.5) is 5.69 Å². The van der Waals surface area contributed by atoms with Crippen LogP contribution in [-0.4, -0.2) is 63.7 Å². The summed E-state index contributed by atoms with van der Waals surface area (Å²) in [6.45, 7) is 7.71. The van der Waals surface area contributed by atoms with E-state index in [1.165, 1.54) is 9.87 Å². The monoisotopic (exact) mass is 774 g/mol. The molecule has 4 atom stereocenters. The van der Waals surface area contributed by atoms with Crippen molar-refractivity contribution < 1.29 is 19.4 Å². The molecule has 0 unspecified atom stereocenters. The minimum atomic E-state index is -2.36. The maximum absolute atomic E-state index is 15.2. The molecule has 4 aromatic carbocycles. The number of halogens is 1. The topological polar surface area (TPSA) is 125 Å². The Labute approximate surface area is 325 Å². The zero-order chi connectivity index (χ0) is 38.5. The van der Waals surface area contributed by atoms with Crippen molar-refractivity contribution >= 4 is 47.2 Å². The third-order valence-corrected chi connectivity index (χ3v) is 16.2. The number of carbonyl (C=O) groups excluding carboxylic acids is 1. The number of ether oxygens (including phenoxy) is 2. The lowest BCUT2D eigenvalue weighted by molar-refractivity contribution is -0.146. The first kappa shape index (κ1) is 36.8.